The second-order valence-electron chi connectivity index (χ2n) is 4.70. The minimum Gasteiger partial charge on any atom is -0.365 e. The van der Waals surface area contributed by atoms with Crippen LogP contribution in [0.4, 0.5) is 5.13 Å². The Morgan fingerprint density at radius 1 is 1.25 bits per heavy atom. The average molecular weight is 288 g/mol. The zero-order valence-electron chi connectivity index (χ0n) is 11.9. The first-order chi connectivity index (χ1) is 9.60. The average Bonchev–Trinajstić information content (AvgIpc) is 3.10. The lowest BCUT2D eigenvalue weighted by atomic mass is 10.2. The van der Waals surface area contributed by atoms with Gasteiger partial charge in [-0.3, -0.25) is 4.57 Å². The van der Waals surface area contributed by atoms with Crippen molar-refractivity contribution < 1.29 is 4.52 Å². The zero-order chi connectivity index (χ0) is 14.3. The molecular formula is C14H16N4OS. The fourth-order valence-corrected chi connectivity index (χ4v) is 3.02. The first-order valence-corrected chi connectivity index (χ1v) is 7.24. The van der Waals surface area contributed by atoms with Crippen molar-refractivity contribution in [3.63, 3.8) is 0 Å². The quantitative estimate of drug-likeness (QED) is 0.800. The molecule has 0 radical (unpaired) electrons. The molecule has 1 N–H and O–H groups in total. The normalized spacial score (nSPS) is 11.0. The van der Waals surface area contributed by atoms with E-state index in [1.165, 1.54) is 0 Å². The molecule has 3 aromatic rings. The van der Waals surface area contributed by atoms with Gasteiger partial charge < -0.3 is 9.84 Å². The molecule has 0 unspecified atom stereocenters. The van der Waals surface area contributed by atoms with Crippen molar-refractivity contribution in [2.24, 2.45) is 0 Å². The standard InChI is InChI=1S/C14H16N4OS/c1-8-5-11(12-7-20-14(15-4)16-12)10(3)18(8)13-6-9(2)19-17-13/h5-7H,1-4H3,(H,15,16). The Bertz CT molecular complexity index is 753. The smallest absolute Gasteiger partial charge is 0.182 e. The van der Waals surface area contributed by atoms with Gasteiger partial charge >= 0.3 is 0 Å². The highest BCUT2D eigenvalue weighted by Crippen LogP contribution is 2.31. The minimum absolute atomic E-state index is 0.806. The van der Waals surface area contributed by atoms with Crippen molar-refractivity contribution in [2.75, 3.05) is 12.4 Å². The van der Waals surface area contributed by atoms with Gasteiger partial charge in [-0.05, 0) is 26.8 Å². The van der Waals surface area contributed by atoms with E-state index in [1.807, 2.05) is 20.0 Å². The second-order valence-corrected chi connectivity index (χ2v) is 5.56. The maximum atomic E-state index is 5.17. The lowest BCUT2D eigenvalue weighted by molar-refractivity contribution is 0.394. The molecule has 3 rings (SSSR count). The molecule has 3 aromatic heterocycles. The van der Waals surface area contributed by atoms with Gasteiger partial charge in [-0.25, -0.2) is 4.98 Å². The van der Waals surface area contributed by atoms with Crippen LogP contribution in [0.1, 0.15) is 17.1 Å². The van der Waals surface area contributed by atoms with E-state index in [-0.39, 0.29) is 0 Å². The molecule has 0 atom stereocenters. The van der Waals surface area contributed by atoms with Gasteiger partial charge in [0.05, 0.1) is 5.69 Å². The predicted molar refractivity (Wildman–Crippen MR) is 80.7 cm³/mol. The summed E-state index contributed by atoms with van der Waals surface area (Å²) >= 11 is 1.60. The number of hydrogen-bond donors (Lipinski definition) is 1. The molecule has 0 saturated heterocycles. The van der Waals surface area contributed by atoms with Gasteiger partial charge in [0.25, 0.3) is 0 Å². The summed E-state index contributed by atoms with van der Waals surface area (Å²) in [5, 5.41) is 10.1. The lowest BCUT2D eigenvalue weighted by Crippen LogP contribution is -1.99. The summed E-state index contributed by atoms with van der Waals surface area (Å²) in [4.78, 5) is 4.56. The molecule has 0 aromatic carbocycles. The summed E-state index contributed by atoms with van der Waals surface area (Å²) in [5.41, 5.74) is 4.34. The summed E-state index contributed by atoms with van der Waals surface area (Å²) in [6.45, 7) is 6.03. The van der Waals surface area contributed by atoms with Crippen LogP contribution in [0.15, 0.2) is 22.0 Å². The van der Waals surface area contributed by atoms with E-state index in [0.29, 0.717) is 0 Å². The third-order valence-electron chi connectivity index (χ3n) is 3.27. The fourth-order valence-electron chi connectivity index (χ4n) is 2.35. The molecule has 0 saturated carbocycles. The molecule has 0 spiro atoms. The van der Waals surface area contributed by atoms with Crippen LogP contribution in [-0.4, -0.2) is 21.8 Å². The molecule has 0 aliphatic carbocycles. The van der Waals surface area contributed by atoms with Gasteiger partial charge in [-0.2, -0.15) is 0 Å². The van der Waals surface area contributed by atoms with E-state index in [9.17, 15) is 0 Å². The molecule has 20 heavy (non-hydrogen) atoms. The fraction of sp³-hybridized carbons (Fsp3) is 0.286. The number of thiazole rings is 1. The summed E-state index contributed by atoms with van der Waals surface area (Å²) in [6, 6.07) is 4.07. The van der Waals surface area contributed by atoms with E-state index in [4.69, 9.17) is 4.52 Å². The van der Waals surface area contributed by atoms with E-state index in [2.05, 4.69) is 45.3 Å². The van der Waals surface area contributed by atoms with Crippen molar-refractivity contribution in [3.8, 4) is 17.1 Å². The highest BCUT2D eigenvalue weighted by atomic mass is 32.1. The lowest BCUT2D eigenvalue weighted by Gasteiger charge is -2.04. The molecular weight excluding hydrogens is 272 g/mol. The van der Waals surface area contributed by atoms with Gasteiger partial charge in [0, 0.05) is 35.4 Å². The molecule has 0 aliphatic rings. The van der Waals surface area contributed by atoms with Crippen LogP contribution in [-0.2, 0) is 0 Å². The third-order valence-corrected chi connectivity index (χ3v) is 4.13. The Morgan fingerprint density at radius 3 is 2.65 bits per heavy atom. The molecule has 3 heterocycles. The number of nitrogens with one attached hydrogen (secondary N) is 1. The van der Waals surface area contributed by atoms with Crippen molar-refractivity contribution in [3.05, 3.63) is 34.7 Å². The van der Waals surface area contributed by atoms with E-state index >= 15 is 0 Å². The summed E-state index contributed by atoms with van der Waals surface area (Å²) in [7, 11) is 1.88. The molecule has 104 valence electrons. The van der Waals surface area contributed by atoms with Crippen molar-refractivity contribution in [1.29, 1.82) is 0 Å². The SMILES string of the molecule is CNc1nc(-c2cc(C)n(-c3cc(C)on3)c2C)cs1. The van der Waals surface area contributed by atoms with Gasteiger partial charge in [0.2, 0.25) is 0 Å². The van der Waals surface area contributed by atoms with Gasteiger partial charge in [0.1, 0.15) is 5.76 Å². The molecule has 0 fully saturated rings. The van der Waals surface area contributed by atoms with Crippen LogP contribution in [0.3, 0.4) is 0 Å². The number of anilines is 1. The Kier molecular flexibility index (Phi) is 3.10. The van der Waals surface area contributed by atoms with Gasteiger partial charge in [-0.15, -0.1) is 11.3 Å². The minimum atomic E-state index is 0.806. The maximum absolute atomic E-state index is 5.17. The third kappa shape index (κ3) is 2.02. The summed E-state index contributed by atoms with van der Waals surface area (Å²) in [5.74, 6) is 1.62. The highest BCUT2D eigenvalue weighted by molar-refractivity contribution is 7.14. The van der Waals surface area contributed by atoms with Crippen molar-refractivity contribution in [2.45, 2.75) is 20.8 Å². The monoisotopic (exact) mass is 288 g/mol. The Labute approximate surface area is 121 Å². The van der Waals surface area contributed by atoms with Crippen molar-refractivity contribution >= 4 is 16.5 Å². The largest absolute Gasteiger partial charge is 0.365 e. The van der Waals surface area contributed by atoms with Crippen LogP contribution >= 0.6 is 11.3 Å². The summed E-state index contributed by atoms with van der Waals surface area (Å²) in [6.07, 6.45) is 0. The first kappa shape index (κ1) is 12.9. The number of rotatable bonds is 3. The van der Waals surface area contributed by atoms with E-state index in [1.54, 1.807) is 11.3 Å². The number of aromatic nitrogens is 3. The maximum Gasteiger partial charge on any atom is 0.182 e. The molecule has 0 aliphatic heterocycles. The van der Waals surface area contributed by atoms with Gasteiger partial charge in [-0.1, -0.05) is 5.16 Å². The van der Waals surface area contributed by atoms with Crippen LogP contribution in [0.2, 0.25) is 0 Å². The highest BCUT2D eigenvalue weighted by Gasteiger charge is 2.16. The molecule has 5 nitrogen and oxygen atoms in total. The number of aryl methyl sites for hydroxylation is 2. The molecule has 0 amide bonds. The second kappa shape index (κ2) is 4.79. The van der Waals surface area contributed by atoms with Crippen LogP contribution in [0.25, 0.3) is 17.1 Å². The van der Waals surface area contributed by atoms with Crippen LogP contribution < -0.4 is 5.32 Å². The first-order valence-electron chi connectivity index (χ1n) is 6.36. The Hall–Kier alpha value is -2.08. The Morgan fingerprint density at radius 2 is 2.05 bits per heavy atom. The van der Waals surface area contributed by atoms with E-state index < -0.39 is 0 Å². The molecule has 6 heteroatoms. The van der Waals surface area contributed by atoms with E-state index in [0.717, 1.165) is 39.4 Å². The number of nitrogens with zero attached hydrogens (tertiary/aromatic N) is 3. The number of hydrogen-bond acceptors (Lipinski definition) is 5. The predicted octanol–water partition coefficient (Wildman–Crippen LogP) is 3.56. The Balaban J connectivity index is 2.11. The van der Waals surface area contributed by atoms with Gasteiger partial charge in [0.15, 0.2) is 10.9 Å². The van der Waals surface area contributed by atoms with Crippen molar-refractivity contribution in [1.82, 2.24) is 14.7 Å². The topological polar surface area (TPSA) is 55.9 Å². The van der Waals surface area contributed by atoms with Crippen LogP contribution in [0, 0.1) is 20.8 Å². The summed E-state index contributed by atoms with van der Waals surface area (Å²) < 4.78 is 7.26. The van der Waals surface area contributed by atoms with Crippen LogP contribution in [0.5, 0.6) is 0 Å². The molecule has 0 bridgehead atoms. The zero-order valence-corrected chi connectivity index (χ0v) is 12.7.